The van der Waals surface area contributed by atoms with Gasteiger partial charge in [-0.05, 0) is 24.6 Å². The first-order valence-corrected chi connectivity index (χ1v) is 9.41. The lowest BCUT2D eigenvalue weighted by atomic mass is 10.1. The fourth-order valence-electron chi connectivity index (χ4n) is 3.38. The minimum Gasteiger partial charge on any atom is -0.493 e. The van der Waals surface area contributed by atoms with Crippen LogP contribution in [0.2, 0.25) is 0 Å². The molecule has 0 aliphatic carbocycles. The van der Waals surface area contributed by atoms with E-state index in [9.17, 15) is 9.50 Å². The molecule has 0 saturated heterocycles. The molecule has 31 heavy (non-hydrogen) atoms. The van der Waals surface area contributed by atoms with Crippen LogP contribution >= 0.6 is 0 Å². The van der Waals surface area contributed by atoms with Crippen molar-refractivity contribution in [2.24, 2.45) is 0 Å². The van der Waals surface area contributed by atoms with E-state index in [2.05, 4.69) is 15.3 Å². The van der Waals surface area contributed by atoms with Gasteiger partial charge in [-0.3, -0.25) is 0 Å². The van der Waals surface area contributed by atoms with Gasteiger partial charge in [-0.2, -0.15) is 4.98 Å². The van der Waals surface area contributed by atoms with E-state index in [1.54, 1.807) is 45.0 Å². The first kappa shape index (κ1) is 20.4. The van der Waals surface area contributed by atoms with Gasteiger partial charge in [0.1, 0.15) is 0 Å². The Bertz CT molecular complexity index is 1200. The Morgan fingerprint density at radius 1 is 1.23 bits per heavy atom. The topological polar surface area (TPSA) is 94.6 Å². The number of aliphatic hydroxyl groups is 1. The second kappa shape index (κ2) is 8.49. The van der Waals surface area contributed by atoms with Crippen LogP contribution in [0.15, 0.2) is 53.7 Å². The number of halogens is 1. The van der Waals surface area contributed by atoms with Crippen molar-refractivity contribution in [2.45, 2.75) is 13.5 Å². The van der Waals surface area contributed by atoms with Crippen molar-refractivity contribution in [2.75, 3.05) is 19.5 Å². The third-order valence-electron chi connectivity index (χ3n) is 4.80. The third-order valence-corrected chi connectivity index (χ3v) is 4.80. The predicted molar refractivity (Wildman–Crippen MR) is 113 cm³/mol. The van der Waals surface area contributed by atoms with Crippen molar-refractivity contribution in [3.05, 3.63) is 66.3 Å². The van der Waals surface area contributed by atoms with Crippen LogP contribution in [-0.4, -0.2) is 33.9 Å². The maximum absolute atomic E-state index is 14.6. The number of ether oxygens (including phenoxy) is 2. The molecule has 0 radical (unpaired) electrons. The Hall–Kier alpha value is -3.85. The highest BCUT2D eigenvalue weighted by atomic mass is 19.1. The largest absolute Gasteiger partial charge is 0.493 e. The number of anilines is 2. The molecule has 3 heterocycles. The monoisotopic (exact) mass is 424 g/mol. The lowest BCUT2D eigenvalue weighted by Gasteiger charge is -2.14. The van der Waals surface area contributed by atoms with E-state index < -0.39 is 5.82 Å². The maximum atomic E-state index is 14.6. The molecule has 9 heteroatoms. The van der Waals surface area contributed by atoms with Crippen molar-refractivity contribution < 1.29 is 23.4 Å². The zero-order valence-electron chi connectivity index (χ0n) is 17.2. The quantitative estimate of drug-likeness (QED) is 0.458. The molecule has 0 saturated carbocycles. The van der Waals surface area contributed by atoms with Gasteiger partial charge in [-0.25, -0.2) is 9.37 Å². The zero-order valence-corrected chi connectivity index (χ0v) is 17.2. The summed E-state index contributed by atoms with van der Waals surface area (Å²) in [4.78, 5) is 8.36. The summed E-state index contributed by atoms with van der Waals surface area (Å²) in [5.41, 5.74) is 3.63. The molecular formula is C22H21FN4O4. The molecule has 0 bridgehead atoms. The standard InChI is InChI=1S/C22H21FN4O4/c1-13-6-16(7-19(29-2)20(13)30-3)25-22-24-8-18(23)21(26-22)27-9-15(11-28)17(10-27)14-4-5-31-12-14/h4-10,12,28H,11H2,1-3H3,(H,24,25,26). The van der Waals surface area contributed by atoms with Crippen LogP contribution in [0.3, 0.4) is 0 Å². The van der Waals surface area contributed by atoms with Gasteiger partial charge in [0.05, 0.1) is 39.5 Å². The highest BCUT2D eigenvalue weighted by Crippen LogP contribution is 2.35. The van der Waals surface area contributed by atoms with Crippen LogP contribution in [0.5, 0.6) is 11.5 Å². The van der Waals surface area contributed by atoms with Crippen molar-refractivity contribution >= 4 is 11.6 Å². The first-order valence-electron chi connectivity index (χ1n) is 9.41. The van der Waals surface area contributed by atoms with Crippen LogP contribution < -0.4 is 14.8 Å². The van der Waals surface area contributed by atoms with Crippen molar-refractivity contribution in [1.29, 1.82) is 0 Å². The average molecular weight is 424 g/mol. The van der Waals surface area contributed by atoms with Gasteiger partial charge in [0.2, 0.25) is 5.95 Å². The van der Waals surface area contributed by atoms with Crippen LogP contribution in [0, 0.1) is 12.7 Å². The molecule has 4 aromatic rings. The Labute approximate surface area is 177 Å². The summed E-state index contributed by atoms with van der Waals surface area (Å²) in [6.07, 6.45) is 7.49. The van der Waals surface area contributed by atoms with E-state index in [0.717, 1.165) is 22.9 Å². The average Bonchev–Trinajstić information content (AvgIpc) is 3.44. The number of aryl methyl sites for hydroxylation is 1. The van der Waals surface area contributed by atoms with Crippen LogP contribution in [-0.2, 0) is 6.61 Å². The van der Waals surface area contributed by atoms with Crippen LogP contribution in [0.1, 0.15) is 11.1 Å². The molecule has 3 aromatic heterocycles. The second-order valence-electron chi connectivity index (χ2n) is 6.79. The van der Waals surface area contributed by atoms with E-state index in [0.29, 0.717) is 22.7 Å². The Morgan fingerprint density at radius 3 is 2.74 bits per heavy atom. The molecule has 1 aromatic carbocycles. The molecule has 160 valence electrons. The Balaban J connectivity index is 1.70. The van der Waals surface area contributed by atoms with Crippen LogP contribution in [0.25, 0.3) is 16.9 Å². The molecule has 8 nitrogen and oxygen atoms in total. The molecule has 4 rings (SSSR count). The first-order chi connectivity index (χ1) is 15.0. The highest BCUT2D eigenvalue weighted by Gasteiger charge is 2.16. The van der Waals surface area contributed by atoms with E-state index >= 15 is 0 Å². The third kappa shape index (κ3) is 3.95. The summed E-state index contributed by atoms with van der Waals surface area (Å²) in [7, 11) is 3.12. The maximum Gasteiger partial charge on any atom is 0.229 e. The number of nitrogens with one attached hydrogen (secondary N) is 1. The summed E-state index contributed by atoms with van der Waals surface area (Å²) in [6.45, 7) is 1.67. The Morgan fingerprint density at radius 2 is 2.06 bits per heavy atom. The van der Waals surface area contributed by atoms with Gasteiger partial charge >= 0.3 is 0 Å². The summed E-state index contributed by atoms with van der Waals surface area (Å²) < 4.78 is 31.9. The van der Waals surface area contributed by atoms with Gasteiger partial charge in [0, 0.05) is 40.8 Å². The molecule has 0 aliphatic rings. The van der Waals surface area contributed by atoms with Crippen LogP contribution in [0.4, 0.5) is 16.0 Å². The number of hydrogen-bond acceptors (Lipinski definition) is 7. The minimum atomic E-state index is -0.604. The smallest absolute Gasteiger partial charge is 0.229 e. The number of hydrogen-bond donors (Lipinski definition) is 2. The van der Waals surface area contributed by atoms with Crippen molar-refractivity contribution in [1.82, 2.24) is 14.5 Å². The predicted octanol–water partition coefficient (Wildman–Crippen LogP) is 4.23. The summed E-state index contributed by atoms with van der Waals surface area (Å²) >= 11 is 0. The normalized spacial score (nSPS) is 10.9. The lowest BCUT2D eigenvalue weighted by Crippen LogP contribution is -2.05. The number of aromatic nitrogens is 3. The fraction of sp³-hybridized carbons (Fsp3) is 0.182. The lowest BCUT2D eigenvalue weighted by molar-refractivity contribution is 0.282. The molecule has 0 aliphatic heterocycles. The number of aliphatic hydroxyl groups excluding tert-OH is 1. The van der Waals surface area contributed by atoms with E-state index in [-0.39, 0.29) is 18.4 Å². The number of benzene rings is 1. The van der Waals surface area contributed by atoms with Gasteiger partial charge in [-0.15, -0.1) is 0 Å². The summed E-state index contributed by atoms with van der Waals surface area (Å²) in [6, 6.07) is 5.36. The van der Waals surface area contributed by atoms with E-state index in [1.165, 1.54) is 10.8 Å². The molecule has 0 unspecified atom stereocenters. The Kier molecular flexibility index (Phi) is 5.59. The molecule has 0 spiro atoms. The fourth-order valence-corrected chi connectivity index (χ4v) is 3.38. The number of methoxy groups -OCH3 is 2. The SMILES string of the molecule is COc1cc(Nc2ncc(F)c(-n3cc(CO)c(-c4ccoc4)c3)n2)cc(C)c1OC. The molecular weight excluding hydrogens is 403 g/mol. The highest BCUT2D eigenvalue weighted by molar-refractivity contribution is 5.67. The summed E-state index contributed by atoms with van der Waals surface area (Å²) in [5, 5.41) is 12.8. The number of furan rings is 1. The van der Waals surface area contributed by atoms with Gasteiger partial charge in [0.15, 0.2) is 23.1 Å². The van der Waals surface area contributed by atoms with Gasteiger partial charge in [0.25, 0.3) is 0 Å². The minimum absolute atomic E-state index is 0.0409. The summed E-state index contributed by atoms with van der Waals surface area (Å²) in [5.74, 6) is 0.818. The van der Waals surface area contributed by atoms with Gasteiger partial charge < -0.3 is 28.9 Å². The number of nitrogens with zero attached hydrogens (tertiary/aromatic N) is 3. The van der Waals surface area contributed by atoms with E-state index in [4.69, 9.17) is 13.9 Å². The number of rotatable bonds is 7. The van der Waals surface area contributed by atoms with Crippen molar-refractivity contribution in [3.63, 3.8) is 0 Å². The van der Waals surface area contributed by atoms with E-state index in [1.807, 2.05) is 13.0 Å². The second-order valence-corrected chi connectivity index (χ2v) is 6.79. The molecule has 0 fully saturated rings. The zero-order chi connectivity index (χ0) is 22.0. The molecule has 0 atom stereocenters. The molecule has 0 amide bonds. The van der Waals surface area contributed by atoms with Gasteiger partial charge in [-0.1, -0.05) is 0 Å². The molecule has 2 N–H and O–H groups in total. The van der Waals surface area contributed by atoms with Crippen molar-refractivity contribution in [3.8, 4) is 28.4 Å².